The number of carbonyl (C=O) groups excluding carboxylic acids is 1. The van der Waals surface area contributed by atoms with Crippen molar-refractivity contribution in [3.8, 4) is 0 Å². The Hall–Kier alpha value is -2.87. The van der Waals surface area contributed by atoms with Crippen molar-refractivity contribution in [2.75, 3.05) is 37.6 Å². The third-order valence-electron chi connectivity index (χ3n) is 4.91. The summed E-state index contributed by atoms with van der Waals surface area (Å²) < 4.78 is 28.1. The van der Waals surface area contributed by atoms with Gasteiger partial charge in [-0.2, -0.15) is 0 Å². The van der Waals surface area contributed by atoms with Crippen molar-refractivity contribution >= 4 is 29.2 Å². The molecule has 1 aliphatic rings. The summed E-state index contributed by atoms with van der Waals surface area (Å²) in [6, 6.07) is 10.7. The van der Waals surface area contributed by atoms with Gasteiger partial charge in [0.1, 0.15) is 17.3 Å². The van der Waals surface area contributed by atoms with Gasteiger partial charge in [0.15, 0.2) is 5.96 Å². The maximum atomic E-state index is 14.1. The summed E-state index contributed by atoms with van der Waals surface area (Å²) in [4.78, 5) is 18.4. The first-order valence-electron chi connectivity index (χ1n) is 10.3. The van der Waals surface area contributed by atoms with Gasteiger partial charge in [-0.05, 0) is 37.6 Å². The number of nitrogens with one attached hydrogen (secondary N) is 3. The topological polar surface area (TPSA) is 68.8 Å². The molecule has 1 fully saturated rings. The molecule has 1 unspecified atom stereocenters. The normalized spacial score (nSPS) is 16.3. The van der Waals surface area contributed by atoms with Gasteiger partial charge in [0.25, 0.3) is 5.91 Å². The number of benzene rings is 2. The molecule has 2 aromatic rings. The van der Waals surface area contributed by atoms with Crippen molar-refractivity contribution < 1.29 is 13.6 Å². The van der Waals surface area contributed by atoms with E-state index in [9.17, 15) is 13.6 Å². The number of nitrogens with zero attached hydrogens (tertiary/aromatic N) is 2. The molecule has 1 saturated heterocycles. The molecular weight excluding hydrogens is 424 g/mol. The summed E-state index contributed by atoms with van der Waals surface area (Å²) in [7, 11) is 0. The third kappa shape index (κ3) is 6.07. The zero-order chi connectivity index (χ0) is 22.2. The lowest BCUT2D eigenvalue weighted by molar-refractivity contribution is 0.0955. The standard InChI is InChI=1S/C22H26ClF2N5O/c1-2-26-22(28-12-11-27-21(31)16-6-3-4-7-17(16)23)29-15-10-13-30(14-15)20-18(24)8-5-9-19(20)25/h3-9,15H,2,10-14H2,1H3,(H,27,31)(H2,26,28,29). The largest absolute Gasteiger partial charge is 0.365 e. The Morgan fingerprint density at radius 1 is 1.16 bits per heavy atom. The average Bonchev–Trinajstić information content (AvgIpc) is 3.19. The first-order chi connectivity index (χ1) is 15.0. The quantitative estimate of drug-likeness (QED) is 0.345. The molecule has 0 aromatic heterocycles. The fourth-order valence-corrected chi connectivity index (χ4v) is 3.68. The number of guanidine groups is 1. The van der Waals surface area contributed by atoms with Gasteiger partial charge in [0.2, 0.25) is 0 Å². The predicted molar refractivity (Wildman–Crippen MR) is 120 cm³/mol. The maximum absolute atomic E-state index is 14.1. The van der Waals surface area contributed by atoms with Gasteiger partial charge in [-0.25, -0.2) is 8.78 Å². The first kappa shape index (κ1) is 22.8. The van der Waals surface area contributed by atoms with E-state index in [0.717, 1.165) is 6.42 Å². The van der Waals surface area contributed by atoms with Crippen LogP contribution in [0, 0.1) is 11.6 Å². The third-order valence-corrected chi connectivity index (χ3v) is 5.24. The Kier molecular flexibility index (Phi) is 8.06. The molecule has 3 rings (SSSR count). The number of aliphatic imine (C=N–C) groups is 1. The molecule has 1 heterocycles. The summed E-state index contributed by atoms with van der Waals surface area (Å²) in [6.07, 6.45) is 0.724. The molecule has 2 aromatic carbocycles. The van der Waals surface area contributed by atoms with Crippen molar-refractivity contribution in [2.24, 2.45) is 4.99 Å². The zero-order valence-electron chi connectivity index (χ0n) is 17.3. The highest BCUT2D eigenvalue weighted by atomic mass is 35.5. The van der Waals surface area contributed by atoms with Gasteiger partial charge < -0.3 is 20.9 Å². The smallest absolute Gasteiger partial charge is 0.252 e. The molecule has 3 N–H and O–H groups in total. The molecule has 0 radical (unpaired) electrons. The summed E-state index contributed by atoms with van der Waals surface area (Å²) in [5.41, 5.74) is 0.431. The molecule has 1 atom stereocenters. The second kappa shape index (κ2) is 10.9. The van der Waals surface area contributed by atoms with Gasteiger partial charge in [-0.3, -0.25) is 9.79 Å². The zero-order valence-corrected chi connectivity index (χ0v) is 18.1. The van der Waals surface area contributed by atoms with E-state index < -0.39 is 11.6 Å². The van der Waals surface area contributed by atoms with Crippen LogP contribution >= 0.6 is 11.6 Å². The monoisotopic (exact) mass is 449 g/mol. The van der Waals surface area contributed by atoms with Crippen LogP contribution in [0.3, 0.4) is 0 Å². The summed E-state index contributed by atoms with van der Waals surface area (Å²) in [5.74, 6) is -0.779. The van der Waals surface area contributed by atoms with Crippen LogP contribution in [-0.4, -0.2) is 50.6 Å². The van der Waals surface area contributed by atoms with Crippen LogP contribution in [0.15, 0.2) is 47.5 Å². The SMILES string of the molecule is CCNC(=NCCNC(=O)c1ccccc1Cl)NC1CCN(c2c(F)cccc2F)C1. The van der Waals surface area contributed by atoms with E-state index in [2.05, 4.69) is 20.9 Å². The van der Waals surface area contributed by atoms with Crippen LogP contribution < -0.4 is 20.9 Å². The second-order valence-electron chi connectivity index (χ2n) is 7.14. The van der Waals surface area contributed by atoms with Crippen LogP contribution in [0.25, 0.3) is 0 Å². The van der Waals surface area contributed by atoms with E-state index in [1.54, 1.807) is 29.2 Å². The predicted octanol–water partition coefficient (Wildman–Crippen LogP) is 3.18. The van der Waals surface area contributed by atoms with Crippen LogP contribution in [0.2, 0.25) is 5.02 Å². The lowest BCUT2D eigenvalue weighted by atomic mass is 10.2. The highest BCUT2D eigenvalue weighted by Crippen LogP contribution is 2.26. The highest BCUT2D eigenvalue weighted by molar-refractivity contribution is 6.33. The van der Waals surface area contributed by atoms with E-state index in [1.165, 1.54) is 18.2 Å². The number of hydrogen-bond donors (Lipinski definition) is 3. The van der Waals surface area contributed by atoms with Crippen molar-refractivity contribution in [1.82, 2.24) is 16.0 Å². The molecule has 1 amide bonds. The fourth-order valence-electron chi connectivity index (χ4n) is 3.46. The number of carbonyl (C=O) groups is 1. The van der Waals surface area contributed by atoms with Crippen LogP contribution in [-0.2, 0) is 0 Å². The van der Waals surface area contributed by atoms with E-state index in [4.69, 9.17) is 11.6 Å². The minimum absolute atomic E-state index is 0.00507. The minimum atomic E-state index is -0.560. The Morgan fingerprint density at radius 2 is 1.90 bits per heavy atom. The summed E-state index contributed by atoms with van der Waals surface area (Å²) >= 11 is 6.03. The van der Waals surface area contributed by atoms with Crippen molar-refractivity contribution in [3.63, 3.8) is 0 Å². The lowest BCUT2D eigenvalue weighted by Gasteiger charge is -2.21. The number of anilines is 1. The van der Waals surface area contributed by atoms with Gasteiger partial charge >= 0.3 is 0 Å². The molecule has 6 nitrogen and oxygen atoms in total. The van der Waals surface area contributed by atoms with Crippen molar-refractivity contribution in [1.29, 1.82) is 0 Å². The molecule has 9 heteroatoms. The number of para-hydroxylation sites is 1. The Morgan fingerprint density at radius 3 is 2.61 bits per heavy atom. The second-order valence-corrected chi connectivity index (χ2v) is 7.55. The molecule has 1 aliphatic heterocycles. The molecule has 0 spiro atoms. The minimum Gasteiger partial charge on any atom is -0.365 e. The van der Waals surface area contributed by atoms with E-state index in [1.807, 2.05) is 6.92 Å². The molecule has 31 heavy (non-hydrogen) atoms. The lowest BCUT2D eigenvalue weighted by Crippen LogP contribution is -2.45. The summed E-state index contributed by atoms with van der Waals surface area (Å²) in [5, 5.41) is 9.65. The van der Waals surface area contributed by atoms with E-state index in [-0.39, 0.29) is 17.6 Å². The molecular formula is C22H26ClF2N5O. The van der Waals surface area contributed by atoms with Gasteiger partial charge in [0.05, 0.1) is 17.1 Å². The Bertz CT molecular complexity index is 920. The van der Waals surface area contributed by atoms with Gasteiger partial charge in [-0.1, -0.05) is 29.8 Å². The van der Waals surface area contributed by atoms with Gasteiger partial charge in [-0.15, -0.1) is 0 Å². The Balaban J connectivity index is 1.52. The fraction of sp³-hybridized carbons (Fsp3) is 0.364. The number of halogens is 3. The summed E-state index contributed by atoms with van der Waals surface area (Å²) in [6.45, 7) is 4.33. The molecule has 0 aliphatic carbocycles. The van der Waals surface area contributed by atoms with E-state index >= 15 is 0 Å². The molecule has 0 saturated carbocycles. The number of amides is 1. The molecule has 0 bridgehead atoms. The van der Waals surface area contributed by atoms with E-state index in [0.29, 0.717) is 49.3 Å². The van der Waals surface area contributed by atoms with Crippen LogP contribution in [0.5, 0.6) is 0 Å². The average molecular weight is 450 g/mol. The van der Waals surface area contributed by atoms with Crippen LogP contribution in [0.1, 0.15) is 23.7 Å². The van der Waals surface area contributed by atoms with Crippen molar-refractivity contribution in [3.05, 3.63) is 64.7 Å². The highest BCUT2D eigenvalue weighted by Gasteiger charge is 2.27. The number of hydrogen-bond acceptors (Lipinski definition) is 3. The van der Waals surface area contributed by atoms with Gasteiger partial charge in [0, 0.05) is 32.2 Å². The van der Waals surface area contributed by atoms with Crippen LogP contribution in [0.4, 0.5) is 14.5 Å². The first-order valence-corrected chi connectivity index (χ1v) is 10.6. The van der Waals surface area contributed by atoms with Crippen molar-refractivity contribution in [2.45, 2.75) is 19.4 Å². The Labute approximate surface area is 185 Å². The maximum Gasteiger partial charge on any atom is 0.252 e. The molecule has 166 valence electrons. The number of rotatable bonds is 7.